The molecule has 4 heteroatoms. The number of hydrogen-bond acceptors (Lipinski definition) is 4. The van der Waals surface area contributed by atoms with Crippen LogP contribution in [0.3, 0.4) is 0 Å². The maximum absolute atomic E-state index is 5.10. The van der Waals surface area contributed by atoms with E-state index in [4.69, 9.17) is 15.0 Å². The molecule has 236 valence electrons. The predicted octanol–water partition coefficient (Wildman–Crippen LogP) is 12.9. The average molecular weight is 666 g/mol. The highest BCUT2D eigenvalue weighted by molar-refractivity contribution is 7.26. The highest BCUT2D eigenvalue weighted by Gasteiger charge is 2.22. The Morgan fingerprint density at radius 2 is 0.882 bits per heavy atom. The van der Waals surface area contributed by atoms with Gasteiger partial charge in [0.2, 0.25) is 0 Å². The molecule has 0 aliphatic rings. The van der Waals surface area contributed by atoms with Crippen molar-refractivity contribution in [3.8, 4) is 56.4 Å². The Labute approximate surface area is 297 Å². The van der Waals surface area contributed by atoms with E-state index in [1.54, 1.807) is 0 Å². The van der Waals surface area contributed by atoms with E-state index in [1.165, 1.54) is 63.6 Å². The lowest BCUT2D eigenvalue weighted by molar-refractivity contribution is 1.07. The summed E-state index contributed by atoms with van der Waals surface area (Å²) in [6.07, 6.45) is 0. The number of nitrogens with zero attached hydrogens (tertiary/aromatic N) is 3. The van der Waals surface area contributed by atoms with Crippen molar-refractivity contribution in [1.82, 2.24) is 15.0 Å². The van der Waals surface area contributed by atoms with Crippen molar-refractivity contribution >= 4 is 63.8 Å². The molecule has 0 radical (unpaired) electrons. The highest BCUT2D eigenvalue weighted by Crippen LogP contribution is 2.51. The van der Waals surface area contributed by atoms with Gasteiger partial charge in [0.1, 0.15) is 0 Å². The van der Waals surface area contributed by atoms with Crippen LogP contribution in [0.4, 0.5) is 0 Å². The maximum atomic E-state index is 5.10. The van der Waals surface area contributed by atoms with Crippen LogP contribution < -0.4 is 0 Å². The lowest BCUT2D eigenvalue weighted by Crippen LogP contribution is -2.00. The van der Waals surface area contributed by atoms with Crippen molar-refractivity contribution in [3.63, 3.8) is 0 Å². The molecule has 2 aromatic heterocycles. The van der Waals surface area contributed by atoms with Crippen LogP contribution in [0, 0.1) is 0 Å². The zero-order chi connectivity index (χ0) is 33.5. The Morgan fingerprint density at radius 3 is 1.65 bits per heavy atom. The Kier molecular flexibility index (Phi) is 6.12. The Hall–Kier alpha value is -6.49. The smallest absolute Gasteiger partial charge is 0.164 e. The van der Waals surface area contributed by atoms with Gasteiger partial charge in [0.05, 0.1) is 0 Å². The molecule has 0 N–H and O–H groups in total. The van der Waals surface area contributed by atoms with Crippen molar-refractivity contribution in [1.29, 1.82) is 0 Å². The summed E-state index contributed by atoms with van der Waals surface area (Å²) in [4.78, 5) is 15.2. The minimum Gasteiger partial charge on any atom is -0.208 e. The Morgan fingerprint density at radius 1 is 0.333 bits per heavy atom. The zero-order valence-electron chi connectivity index (χ0n) is 27.3. The molecule has 0 unspecified atom stereocenters. The summed E-state index contributed by atoms with van der Waals surface area (Å²) >= 11 is 1.90. The molecule has 0 aliphatic heterocycles. The summed E-state index contributed by atoms with van der Waals surface area (Å²) in [5.74, 6) is 1.96. The number of aromatic nitrogens is 3. The maximum Gasteiger partial charge on any atom is 0.164 e. The average Bonchev–Trinajstić information content (AvgIpc) is 3.61. The lowest BCUT2D eigenvalue weighted by Gasteiger charge is -2.16. The van der Waals surface area contributed by atoms with Crippen LogP contribution in [0.5, 0.6) is 0 Å². The van der Waals surface area contributed by atoms with Gasteiger partial charge >= 0.3 is 0 Å². The number of rotatable bonds is 5. The molecule has 0 atom stereocenters. The van der Waals surface area contributed by atoms with Crippen molar-refractivity contribution in [2.24, 2.45) is 0 Å². The quantitative estimate of drug-likeness (QED) is 0.136. The van der Waals surface area contributed by atoms with Gasteiger partial charge in [-0.2, -0.15) is 0 Å². The minimum absolute atomic E-state index is 0.652. The molecule has 0 saturated carbocycles. The lowest BCUT2D eigenvalue weighted by atomic mass is 9.87. The summed E-state index contributed by atoms with van der Waals surface area (Å²) in [5.41, 5.74) is 7.58. The van der Waals surface area contributed by atoms with E-state index in [-0.39, 0.29) is 0 Å². The molecule has 0 aliphatic carbocycles. The van der Waals surface area contributed by atoms with Gasteiger partial charge in [-0.05, 0) is 67.2 Å². The first-order valence-electron chi connectivity index (χ1n) is 17.2. The van der Waals surface area contributed by atoms with Gasteiger partial charge in [-0.1, -0.05) is 146 Å². The van der Waals surface area contributed by atoms with Crippen LogP contribution in [0.2, 0.25) is 0 Å². The van der Waals surface area contributed by atoms with Crippen LogP contribution in [0.25, 0.3) is 109 Å². The first kappa shape index (κ1) is 28.4. The molecule has 2 heterocycles. The van der Waals surface area contributed by atoms with Crippen LogP contribution in [-0.4, -0.2) is 15.0 Å². The van der Waals surface area contributed by atoms with E-state index in [9.17, 15) is 0 Å². The fourth-order valence-corrected chi connectivity index (χ4v) is 9.14. The molecule has 51 heavy (non-hydrogen) atoms. The second kappa shape index (κ2) is 11.0. The standard InChI is InChI=1S/C47H27N3S/c1-3-10-28(11-4-1)29-20-23-32(24-21-29)46-48-45(31-12-5-2-6-13-31)49-47(50-46)35-16-7-15-33(26-35)38-27-34-25-22-30-14-8-17-36-37-18-9-19-39-42(37)43(44(38)51-39)41(34)40(30)36/h1-27H. The van der Waals surface area contributed by atoms with E-state index in [2.05, 4.69) is 140 Å². The fourth-order valence-electron chi connectivity index (χ4n) is 7.86. The molecule has 0 amide bonds. The summed E-state index contributed by atoms with van der Waals surface area (Å²) in [6, 6.07) is 58.2. The molecule has 0 fully saturated rings. The third kappa shape index (κ3) is 4.40. The second-order valence-corrected chi connectivity index (χ2v) is 14.2. The molecule has 0 spiro atoms. The van der Waals surface area contributed by atoms with Crippen molar-refractivity contribution in [2.45, 2.75) is 0 Å². The number of hydrogen-bond donors (Lipinski definition) is 0. The largest absolute Gasteiger partial charge is 0.208 e. The van der Waals surface area contributed by atoms with Gasteiger partial charge in [-0.25, -0.2) is 15.0 Å². The third-order valence-electron chi connectivity index (χ3n) is 10.2. The van der Waals surface area contributed by atoms with Crippen LogP contribution in [-0.2, 0) is 0 Å². The number of thiophene rings is 1. The summed E-state index contributed by atoms with van der Waals surface area (Å²) < 4.78 is 2.65. The van der Waals surface area contributed by atoms with Crippen LogP contribution >= 0.6 is 11.3 Å². The third-order valence-corrected chi connectivity index (χ3v) is 11.4. The van der Waals surface area contributed by atoms with Gasteiger partial charge in [-0.15, -0.1) is 11.3 Å². The molecule has 9 aromatic carbocycles. The molecule has 3 nitrogen and oxygen atoms in total. The first-order valence-corrected chi connectivity index (χ1v) is 18.0. The van der Waals surface area contributed by atoms with Crippen molar-refractivity contribution in [3.05, 3.63) is 164 Å². The minimum atomic E-state index is 0.652. The predicted molar refractivity (Wildman–Crippen MR) is 215 cm³/mol. The van der Waals surface area contributed by atoms with Gasteiger partial charge in [0, 0.05) is 42.4 Å². The van der Waals surface area contributed by atoms with E-state index in [0.29, 0.717) is 17.5 Å². The topological polar surface area (TPSA) is 38.7 Å². The van der Waals surface area contributed by atoms with Gasteiger partial charge in [0.25, 0.3) is 0 Å². The van der Waals surface area contributed by atoms with Gasteiger partial charge in [-0.3, -0.25) is 0 Å². The molecule has 0 saturated heterocycles. The first-order chi connectivity index (χ1) is 25.3. The van der Waals surface area contributed by atoms with E-state index in [0.717, 1.165) is 27.8 Å². The van der Waals surface area contributed by atoms with Gasteiger partial charge < -0.3 is 0 Å². The number of fused-ring (bicyclic) bond motifs is 1. The van der Waals surface area contributed by atoms with Crippen molar-refractivity contribution in [2.75, 3.05) is 0 Å². The summed E-state index contributed by atoms with van der Waals surface area (Å²) in [7, 11) is 0. The van der Waals surface area contributed by atoms with Crippen LogP contribution in [0.1, 0.15) is 0 Å². The monoisotopic (exact) mass is 665 g/mol. The Bertz CT molecular complexity index is 3060. The molecule has 11 rings (SSSR count). The van der Waals surface area contributed by atoms with E-state index < -0.39 is 0 Å². The molecular weight excluding hydrogens is 639 g/mol. The Balaban J connectivity index is 1.10. The fraction of sp³-hybridized carbons (Fsp3) is 0. The van der Waals surface area contributed by atoms with Crippen molar-refractivity contribution < 1.29 is 0 Å². The molecule has 11 aromatic rings. The van der Waals surface area contributed by atoms with Crippen LogP contribution in [0.15, 0.2) is 164 Å². The summed E-state index contributed by atoms with van der Waals surface area (Å²) in [6.45, 7) is 0. The number of benzene rings is 9. The van der Waals surface area contributed by atoms with E-state index in [1.807, 2.05) is 35.6 Å². The summed E-state index contributed by atoms with van der Waals surface area (Å²) in [5, 5.41) is 10.7. The SMILES string of the molecule is c1ccc(-c2ccc(-c3nc(-c4ccccc4)nc(-c4cccc(-c5cc6ccc7cccc8c9cccc%10sc5c(c%109)c6c78)c4)n3)cc2)cc1. The highest BCUT2D eigenvalue weighted by atomic mass is 32.1. The normalized spacial score (nSPS) is 11.9. The molecule has 0 bridgehead atoms. The van der Waals surface area contributed by atoms with E-state index >= 15 is 0 Å². The second-order valence-electron chi connectivity index (χ2n) is 13.2. The van der Waals surface area contributed by atoms with Gasteiger partial charge in [0.15, 0.2) is 17.5 Å². The molecular formula is C47H27N3S. The zero-order valence-corrected chi connectivity index (χ0v) is 28.2.